The molecule has 1 atom stereocenters. The van der Waals surface area contributed by atoms with Gasteiger partial charge in [0.25, 0.3) is 0 Å². The summed E-state index contributed by atoms with van der Waals surface area (Å²) in [5.74, 6) is 0. The SMILES string of the molecule is C=CCC(N)CCc1cccc(C)c1. The van der Waals surface area contributed by atoms with Crippen molar-refractivity contribution in [3.63, 3.8) is 0 Å². The maximum absolute atomic E-state index is 5.90. The van der Waals surface area contributed by atoms with Crippen molar-refractivity contribution in [1.82, 2.24) is 0 Å². The van der Waals surface area contributed by atoms with Crippen LogP contribution in [0.2, 0.25) is 0 Å². The van der Waals surface area contributed by atoms with Crippen LogP contribution >= 0.6 is 0 Å². The molecule has 1 aromatic carbocycles. The molecule has 1 rings (SSSR count). The molecule has 1 unspecified atom stereocenters. The van der Waals surface area contributed by atoms with Crippen molar-refractivity contribution in [2.75, 3.05) is 0 Å². The fourth-order valence-electron chi connectivity index (χ4n) is 1.55. The molecule has 14 heavy (non-hydrogen) atoms. The van der Waals surface area contributed by atoms with Crippen molar-refractivity contribution >= 4 is 0 Å². The zero-order valence-corrected chi connectivity index (χ0v) is 8.87. The lowest BCUT2D eigenvalue weighted by molar-refractivity contribution is 0.621. The monoisotopic (exact) mass is 189 g/mol. The number of nitrogens with two attached hydrogens (primary N) is 1. The molecule has 1 nitrogen and oxygen atoms in total. The van der Waals surface area contributed by atoms with Crippen LogP contribution in [0, 0.1) is 6.92 Å². The lowest BCUT2D eigenvalue weighted by atomic mass is 10.0. The first-order chi connectivity index (χ1) is 6.72. The first-order valence-corrected chi connectivity index (χ1v) is 5.14. The fourth-order valence-corrected chi connectivity index (χ4v) is 1.55. The van der Waals surface area contributed by atoms with Crippen LogP contribution in [0.1, 0.15) is 24.0 Å². The average Bonchev–Trinajstić information content (AvgIpc) is 2.15. The maximum atomic E-state index is 5.90. The summed E-state index contributed by atoms with van der Waals surface area (Å²) in [7, 11) is 0. The van der Waals surface area contributed by atoms with Gasteiger partial charge >= 0.3 is 0 Å². The minimum atomic E-state index is 0.257. The molecule has 1 heteroatoms. The van der Waals surface area contributed by atoms with Crippen molar-refractivity contribution in [3.8, 4) is 0 Å². The van der Waals surface area contributed by atoms with E-state index >= 15 is 0 Å². The number of benzene rings is 1. The fraction of sp³-hybridized carbons (Fsp3) is 0.385. The molecule has 0 aliphatic rings. The zero-order valence-electron chi connectivity index (χ0n) is 8.87. The molecule has 76 valence electrons. The Bertz CT molecular complexity index is 291. The summed E-state index contributed by atoms with van der Waals surface area (Å²) in [5.41, 5.74) is 8.60. The smallest absolute Gasteiger partial charge is 0.00764 e. The molecule has 0 aromatic heterocycles. The first-order valence-electron chi connectivity index (χ1n) is 5.14. The van der Waals surface area contributed by atoms with Gasteiger partial charge in [-0.2, -0.15) is 0 Å². The standard InChI is InChI=1S/C13H19N/c1-3-5-13(14)9-8-12-7-4-6-11(2)10-12/h3-4,6-7,10,13H,1,5,8-9,14H2,2H3. The van der Waals surface area contributed by atoms with E-state index in [0.717, 1.165) is 19.3 Å². The summed E-state index contributed by atoms with van der Waals surface area (Å²) in [5, 5.41) is 0. The Kier molecular flexibility index (Phi) is 4.41. The average molecular weight is 189 g/mol. The van der Waals surface area contributed by atoms with Gasteiger partial charge in [-0.15, -0.1) is 6.58 Å². The zero-order chi connectivity index (χ0) is 10.4. The predicted octanol–water partition coefficient (Wildman–Crippen LogP) is 2.83. The van der Waals surface area contributed by atoms with Crippen LogP contribution < -0.4 is 5.73 Å². The van der Waals surface area contributed by atoms with Crippen molar-refractivity contribution in [2.45, 2.75) is 32.2 Å². The second-order valence-electron chi connectivity index (χ2n) is 3.81. The third-order valence-electron chi connectivity index (χ3n) is 2.36. The molecule has 0 spiro atoms. The summed E-state index contributed by atoms with van der Waals surface area (Å²) < 4.78 is 0. The molecule has 0 radical (unpaired) electrons. The Hall–Kier alpha value is -1.08. The lowest BCUT2D eigenvalue weighted by Crippen LogP contribution is -2.19. The number of hydrogen-bond acceptors (Lipinski definition) is 1. The summed E-state index contributed by atoms with van der Waals surface area (Å²) in [4.78, 5) is 0. The summed E-state index contributed by atoms with van der Waals surface area (Å²) in [6.07, 6.45) is 4.90. The van der Waals surface area contributed by atoms with Gasteiger partial charge in [0.2, 0.25) is 0 Å². The molecule has 0 aliphatic carbocycles. The normalized spacial score (nSPS) is 12.4. The topological polar surface area (TPSA) is 26.0 Å². The van der Waals surface area contributed by atoms with Crippen LogP contribution in [-0.2, 0) is 6.42 Å². The molecule has 0 saturated carbocycles. The van der Waals surface area contributed by atoms with E-state index in [2.05, 4.69) is 37.8 Å². The van der Waals surface area contributed by atoms with Crippen LogP contribution in [-0.4, -0.2) is 6.04 Å². The van der Waals surface area contributed by atoms with E-state index in [-0.39, 0.29) is 6.04 Å². The highest BCUT2D eigenvalue weighted by Crippen LogP contribution is 2.08. The Morgan fingerprint density at radius 2 is 2.29 bits per heavy atom. The minimum absolute atomic E-state index is 0.257. The summed E-state index contributed by atoms with van der Waals surface area (Å²) >= 11 is 0. The Labute approximate surface area is 86.6 Å². The van der Waals surface area contributed by atoms with Gasteiger partial charge in [0.1, 0.15) is 0 Å². The van der Waals surface area contributed by atoms with E-state index in [9.17, 15) is 0 Å². The Balaban J connectivity index is 2.41. The lowest BCUT2D eigenvalue weighted by Gasteiger charge is -2.08. The third kappa shape index (κ3) is 3.75. The molecule has 0 heterocycles. The van der Waals surface area contributed by atoms with Crippen molar-refractivity contribution in [1.29, 1.82) is 0 Å². The highest BCUT2D eigenvalue weighted by Gasteiger charge is 2.00. The van der Waals surface area contributed by atoms with E-state index in [1.54, 1.807) is 0 Å². The molecule has 0 fully saturated rings. The van der Waals surface area contributed by atoms with E-state index in [0.29, 0.717) is 0 Å². The van der Waals surface area contributed by atoms with Gasteiger partial charge in [0.05, 0.1) is 0 Å². The minimum Gasteiger partial charge on any atom is -0.327 e. The van der Waals surface area contributed by atoms with E-state index in [4.69, 9.17) is 5.73 Å². The molecular weight excluding hydrogens is 170 g/mol. The largest absolute Gasteiger partial charge is 0.327 e. The van der Waals surface area contributed by atoms with Crippen LogP contribution in [0.25, 0.3) is 0 Å². The second kappa shape index (κ2) is 5.61. The second-order valence-corrected chi connectivity index (χ2v) is 3.81. The Morgan fingerprint density at radius 3 is 2.93 bits per heavy atom. The van der Waals surface area contributed by atoms with E-state index in [1.807, 2.05) is 6.08 Å². The van der Waals surface area contributed by atoms with Crippen LogP contribution in [0.15, 0.2) is 36.9 Å². The highest BCUT2D eigenvalue weighted by atomic mass is 14.6. The van der Waals surface area contributed by atoms with Crippen LogP contribution in [0.5, 0.6) is 0 Å². The van der Waals surface area contributed by atoms with Crippen molar-refractivity contribution in [2.24, 2.45) is 5.73 Å². The highest BCUT2D eigenvalue weighted by molar-refractivity contribution is 5.22. The third-order valence-corrected chi connectivity index (χ3v) is 2.36. The van der Waals surface area contributed by atoms with Gasteiger partial charge in [-0.1, -0.05) is 35.9 Å². The number of rotatable bonds is 5. The van der Waals surface area contributed by atoms with Gasteiger partial charge in [-0.3, -0.25) is 0 Å². The molecular formula is C13H19N. The van der Waals surface area contributed by atoms with Gasteiger partial charge in [-0.05, 0) is 31.7 Å². The molecule has 1 aromatic rings. The molecule has 0 saturated heterocycles. The van der Waals surface area contributed by atoms with Gasteiger partial charge < -0.3 is 5.73 Å². The first kappa shape index (κ1) is 11.0. The quantitative estimate of drug-likeness (QED) is 0.708. The molecule has 0 aliphatic heterocycles. The van der Waals surface area contributed by atoms with Crippen LogP contribution in [0.4, 0.5) is 0 Å². The van der Waals surface area contributed by atoms with Crippen molar-refractivity contribution < 1.29 is 0 Å². The van der Waals surface area contributed by atoms with Crippen molar-refractivity contribution in [3.05, 3.63) is 48.0 Å². The summed E-state index contributed by atoms with van der Waals surface area (Å²) in [6.45, 7) is 5.81. The van der Waals surface area contributed by atoms with Gasteiger partial charge in [0, 0.05) is 6.04 Å². The Morgan fingerprint density at radius 1 is 1.50 bits per heavy atom. The molecule has 2 N–H and O–H groups in total. The van der Waals surface area contributed by atoms with E-state index < -0.39 is 0 Å². The molecule has 0 bridgehead atoms. The van der Waals surface area contributed by atoms with E-state index in [1.165, 1.54) is 11.1 Å². The van der Waals surface area contributed by atoms with Crippen LogP contribution in [0.3, 0.4) is 0 Å². The summed E-state index contributed by atoms with van der Waals surface area (Å²) in [6, 6.07) is 8.86. The maximum Gasteiger partial charge on any atom is 0.00764 e. The number of aryl methyl sites for hydroxylation is 2. The molecule has 0 amide bonds. The van der Waals surface area contributed by atoms with Gasteiger partial charge in [0.15, 0.2) is 0 Å². The van der Waals surface area contributed by atoms with Gasteiger partial charge in [-0.25, -0.2) is 0 Å². The predicted molar refractivity (Wildman–Crippen MR) is 62.3 cm³/mol. The number of hydrogen-bond donors (Lipinski definition) is 1.